The van der Waals surface area contributed by atoms with Gasteiger partial charge in [-0.1, -0.05) is 36.4 Å². The number of para-hydroxylation sites is 2. The van der Waals surface area contributed by atoms with Gasteiger partial charge in [-0.05, 0) is 24.3 Å². The zero-order valence-corrected chi connectivity index (χ0v) is 16.0. The second-order valence-electron chi connectivity index (χ2n) is 6.54. The minimum Gasteiger partial charge on any atom is -0.496 e. The first kappa shape index (κ1) is 19.9. The molecule has 1 atom stereocenters. The molecular weight excluding hydrogens is 356 g/mol. The van der Waals surface area contributed by atoms with Crippen molar-refractivity contribution in [1.82, 2.24) is 9.80 Å². The highest BCUT2D eigenvalue weighted by Crippen LogP contribution is 2.19. The van der Waals surface area contributed by atoms with Crippen LogP contribution in [0.3, 0.4) is 0 Å². The van der Waals surface area contributed by atoms with Crippen LogP contribution in [0.2, 0.25) is 0 Å². The van der Waals surface area contributed by atoms with Gasteiger partial charge in [-0.25, -0.2) is 0 Å². The second kappa shape index (κ2) is 9.92. The van der Waals surface area contributed by atoms with Crippen molar-refractivity contribution in [2.45, 2.75) is 6.23 Å². The average Bonchev–Trinajstić information content (AvgIpc) is 2.76. The van der Waals surface area contributed by atoms with Crippen LogP contribution in [-0.4, -0.2) is 66.9 Å². The van der Waals surface area contributed by atoms with Crippen molar-refractivity contribution in [3.63, 3.8) is 0 Å². The number of amides is 1. The van der Waals surface area contributed by atoms with Crippen LogP contribution in [0.25, 0.3) is 6.08 Å². The van der Waals surface area contributed by atoms with Gasteiger partial charge >= 0.3 is 0 Å². The van der Waals surface area contributed by atoms with Crippen LogP contribution < -0.4 is 9.47 Å². The molecule has 1 fully saturated rings. The lowest BCUT2D eigenvalue weighted by Gasteiger charge is -2.36. The molecule has 0 radical (unpaired) electrons. The molecule has 1 unspecified atom stereocenters. The molecule has 0 aliphatic carbocycles. The van der Waals surface area contributed by atoms with E-state index in [0.29, 0.717) is 26.2 Å². The quantitative estimate of drug-likeness (QED) is 0.745. The van der Waals surface area contributed by atoms with Crippen LogP contribution in [0.15, 0.2) is 60.7 Å². The zero-order chi connectivity index (χ0) is 19.8. The van der Waals surface area contributed by atoms with Gasteiger partial charge in [0.1, 0.15) is 24.3 Å². The Bertz CT molecular complexity index is 786. The van der Waals surface area contributed by atoms with Crippen molar-refractivity contribution in [2.75, 3.05) is 39.9 Å². The minimum absolute atomic E-state index is 0.0411. The van der Waals surface area contributed by atoms with Gasteiger partial charge in [-0.2, -0.15) is 0 Å². The molecule has 1 aliphatic heterocycles. The molecule has 1 amide bonds. The Hall–Kier alpha value is -2.83. The zero-order valence-electron chi connectivity index (χ0n) is 16.0. The molecular formula is C22H26N2O4. The van der Waals surface area contributed by atoms with Crippen LogP contribution in [-0.2, 0) is 4.79 Å². The standard InChI is InChI=1S/C22H26N2O4/c1-27-20-10-6-5-7-18(20)11-12-21(25)23-13-15-24(16-14-23)22(26)17-28-19-8-3-2-4-9-19/h2-12,22,26H,13-17H2,1H3/b12-11+. The Balaban J connectivity index is 1.46. The van der Waals surface area contributed by atoms with Gasteiger partial charge in [0.05, 0.1) is 7.11 Å². The van der Waals surface area contributed by atoms with E-state index in [1.165, 1.54) is 0 Å². The van der Waals surface area contributed by atoms with Crippen LogP contribution in [0.4, 0.5) is 0 Å². The molecule has 28 heavy (non-hydrogen) atoms. The molecule has 0 spiro atoms. The topological polar surface area (TPSA) is 62.2 Å². The van der Waals surface area contributed by atoms with E-state index in [4.69, 9.17) is 9.47 Å². The van der Waals surface area contributed by atoms with E-state index >= 15 is 0 Å². The summed E-state index contributed by atoms with van der Waals surface area (Å²) in [5, 5.41) is 10.3. The van der Waals surface area contributed by atoms with Crippen LogP contribution in [0, 0.1) is 0 Å². The fourth-order valence-corrected chi connectivity index (χ4v) is 3.10. The van der Waals surface area contributed by atoms with Crippen LogP contribution in [0.1, 0.15) is 5.56 Å². The monoisotopic (exact) mass is 382 g/mol. The second-order valence-corrected chi connectivity index (χ2v) is 6.54. The summed E-state index contributed by atoms with van der Waals surface area (Å²) < 4.78 is 10.9. The smallest absolute Gasteiger partial charge is 0.246 e. The molecule has 1 aliphatic rings. The number of nitrogens with zero attached hydrogens (tertiary/aromatic N) is 2. The Morgan fingerprint density at radius 1 is 1.07 bits per heavy atom. The molecule has 1 saturated heterocycles. The highest BCUT2D eigenvalue weighted by molar-refractivity contribution is 5.92. The summed E-state index contributed by atoms with van der Waals surface area (Å²) in [6.07, 6.45) is 2.65. The Kier molecular flexibility index (Phi) is 7.06. The summed E-state index contributed by atoms with van der Waals surface area (Å²) in [6, 6.07) is 17.0. The van der Waals surface area contributed by atoms with Gasteiger partial charge in [-0.15, -0.1) is 0 Å². The third kappa shape index (κ3) is 5.34. The molecule has 0 bridgehead atoms. The fourth-order valence-electron chi connectivity index (χ4n) is 3.10. The van der Waals surface area contributed by atoms with Gasteiger partial charge in [0.15, 0.2) is 0 Å². The van der Waals surface area contributed by atoms with E-state index in [0.717, 1.165) is 17.1 Å². The van der Waals surface area contributed by atoms with Gasteiger partial charge in [0.2, 0.25) is 5.91 Å². The lowest BCUT2D eigenvalue weighted by molar-refractivity contribution is -0.130. The number of aliphatic hydroxyl groups is 1. The van der Waals surface area contributed by atoms with Crippen LogP contribution >= 0.6 is 0 Å². The molecule has 1 N–H and O–H groups in total. The van der Waals surface area contributed by atoms with Gasteiger partial charge in [-0.3, -0.25) is 9.69 Å². The van der Waals surface area contributed by atoms with Crippen molar-refractivity contribution in [1.29, 1.82) is 0 Å². The molecule has 148 valence electrons. The Labute approximate surface area is 165 Å². The number of methoxy groups -OCH3 is 1. The van der Waals surface area contributed by atoms with Crippen LogP contribution in [0.5, 0.6) is 11.5 Å². The normalized spacial score (nSPS) is 16.1. The number of carbonyl (C=O) groups is 1. The minimum atomic E-state index is -0.693. The van der Waals surface area contributed by atoms with Gasteiger partial charge in [0.25, 0.3) is 0 Å². The van der Waals surface area contributed by atoms with E-state index in [9.17, 15) is 9.90 Å². The number of benzene rings is 2. The summed E-state index contributed by atoms with van der Waals surface area (Å²) in [6.45, 7) is 2.54. The van der Waals surface area contributed by atoms with E-state index in [2.05, 4.69) is 0 Å². The number of hydrogen-bond donors (Lipinski definition) is 1. The van der Waals surface area contributed by atoms with E-state index in [-0.39, 0.29) is 12.5 Å². The number of rotatable bonds is 7. The van der Waals surface area contributed by atoms with E-state index in [1.54, 1.807) is 24.2 Å². The van der Waals surface area contributed by atoms with E-state index in [1.807, 2.05) is 59.5 Å². The highest BCUT2D eigenvalue weighted by atomic mass is 16.5. The fraction of sp³-hybridized carbons (Fsp3) is 0.318. The number of aliphatic hydroxyl groups excluding tert-OH is 1. The van der Waals surface area contributed by atoms with Crippen molar-refractivity contribution in [2.24, 2.45) is 0 Å². The Morgan fingerprint density at radius 3 is 2.46 bits per heavy atom. The highest BCUT2D eigenvalue weighted by Gasteiger charge is 2.24. The first-order valence-corrected chi connectivity index (χ1v) is 9.37. The number of ether oxygens (including phenoxy) is 2. The molecule has 1 heterocycles. The number of carbonyl (C=O) groups excluding carboxylic acids is 1. The third-order valence-electron chi connectivity index (χ3n) is 4.73. The van der Waals surface area contributed by atoms with Gasteiger partial charge in [0, 0.05) is 37.8 Å². The molecule has 0 saturated carbocycles. The summed E-state index contributed by atoms with van der Waals surface area (Å²) in [7, 11) is 1.61. The first-order chi connectivity index (χ1) is 13.7. The number of hydrogen-bond acceptors (Lipinski definition) is 5. The van der Waals surface area contributed by atoms with Crippen molar-refractivity contribution < 1.29 is 19.4 Å². The lowest BCUT2D eigenvalue weighted by atomic mass is 10.2. The molecule has 3 rings (SSSR count). The SMILES string of the molecule is COc1ccccc1/C=C/C(=O)N1CCN(C(O)COc2ccccc2)CC1. The molecule has 2 aromatic rings. The predicted octanol–water partition coefficient (Wildman–Crippen LogP) is 2.25. The van der Waals surface area contributed by atoms with Crippen molar-refractivity contribution in [3.05, 3.63) is 66.2 Å². The summed E-state index contributed by atoms with van der Waals surface area (Å²) in [5.74, 6) is 1.43. The summed E-state index contributed by atoms with van der Waals surface area (Å²) >= 11 is 0. The summed E-state index contributed by atoms with van der Waals surface area (Å²) in [4.78, 5) is 16.2. The Morgan fingerprint density at radius 2 is 1.75 bits per heavy atom. The maximum Gasteiger partial charge on any atom is 0.246 e. The van der Waals surface area contributed by atoms with E-state index < -0.39 is 6.23 Å². The predicted molar refractivity (Wildman–Crippen MR) is 108 cm³/mol. The maximum absolute atomic E-state index is 12.5. The van der Waals surface area contributed by atoms with Gasteiger partial charge < -0.3 is 19.5 Å². The lowest BCUT2D eigenvalue weighted by Crippen LogP contribution is -2.53. The molecule has 6 nitrogen and oxygen atoms in total. The molecule has 2 aromatic carbocycles. The molecule has 6 heteroatoms. The number of piperazine rings is 1. The van der Waals surface area contributed by atoms with Crippen molar-refractivity contribution in [3.8, 4) is 11.5 Å². The first-order valence-electron chi connectivity index (χ1n) is 9.37. The average molecular weight is 382 g/mol. The molecule has 0 aromatic heterocycles. The summed E-state index contributed by atoms with van der Waals surface area (Å²) in [5.41, 5.74) is 0.866. The van der Waals surface area contributed by atoms with Crippen molar-refractivity contribution >= 4 is 12.0 Å². The third-order valence-corrected chi connectivity index (χ3v) is 4.73. The maximum atomic E-state index is 12.5. The largest absolute Gasteiger partial charge is 0.496 e.